The van der Waals surface area contributed by atoms with Gasteiger partial charge in [-0.25, -0.2) is 0 Å². The molecule has 0 aromatic rings. The summed E-state index contributed by atoms with van der Waals surface area (Å²) in [5, 5.41) is 16.0. The Morgan fingerprint density at radius 3 is 1.23 bits per heavy atom. The van der Waals surface area contributed by atoms with Gasteiger partial charge in [0.05, 0.1) is 23.9 Å². The molecule has 0 aromatic heterocycles. The third-order valence-corrected chi connectivity index (χ3v) is 5.79. The van der Waals surface area contributed by atoms with Crippen LogP contribution in [-0.4, -0.2) is 34.1 Å². The maximum Gasteiger partial charge on any atom is 0.0742 e. The van der Waals surface area contributed by atoms with Gasteiger partial charge >= 0.3 is 0 Å². The maximum absolute atomic E-state index is 8.11. The normalized spacial score (nSPS) is 23.4. The van der Waals surface area contributed by atoms with Gasteiger partial charge in [0.2, 0.25) is 0 Å². The van der Waals surface area contributed by atoms with Crippen LogP contribution in [0.2, 0.25) is 0 Å². The molecule has 1 atom stereocenters. The van der Waals surface area contributed by atoms with Crippen LogP contribution in [0.15, 0.2) is 0 Å². The quantitative estimate of drug-likeness (QED) is 0.590. The summed E-state index contributed by atoms with van der Waals surface area (Å²) in [5.74, 6) is 1.51. The zero-order chi connectivity index (χ0) is 19.6. The van der Waals surface area contributed by atoms with E-state index in [4.69, 9.17) is 14.9 Å². The second kappa shape index (κ2) is 11.7. The summed E-state index contributed by atoms with van der Waals surface area (Å²) < 4.78 is 7.13. The molecule has 0 amide bonds. The third kappa shape index (κ3) is 8.71. The van der Waals surface area contributed by atoms with Crippen molar-refractivity contribution in [1.29, 1.82) is 0 Å². The van der Waals surface area contributed by atoms with Crippen molar-refractivity contribution in [2.75, 3.05) is 6.61 Å². The average Bonchev–Trinajstić information content (AvgIpc) is 2.55. The van der Waals surface area contributed by atoms with Crippen LogP contribution < -0.4 is 0 Å². The van der Waals surface area contributed by atoms with Gasteiger partial charge < -0.3 is 14.9 Å². The monoisotopic (exact) mass is 370 g/mol. The Bertz CT molecular complexity index is 320. The first-order chi connectivity index (χ1) is 12.2. The van der Waals surface area contributed by atoms with Crippen LogP contribution in [0.3, 0.4) is 0 Å². The summed E-state index contributed by atoms with van der Waals surface area (Å²) >= 11 is 0. The van der Waals surface area contributed by atoms with Crippen molar-refractivity contribution in [3.05, 3.63) is 0 Å². The van der Waals surface area contributed by atoms with Crippen molar-refractivity contribution < 1.29 is 14.9 Å². The van der Waals surface area contributed by atoms with Crippen molar-refractivity contribution in [2.45, 2.75) is 129 Å². The van der Waals surface area contributed by atoms with Crippen LogP contribution in [-0.2, 0) is 4.74 Å². The molecule has 0 heterocycles. The van der Waals surface area contributed by atoms with E-state index >= 15 is 0 Å². The van der Waals surface area contributed by atoms with Gasteiger partial charge in [0.25, 0.3) is 0 Å². The lowest BCUT2D eigenvalue weighted by atomic mass is 9.75. The highest BCUT2D eigenvalue weighted by molar-refractivity contribution is 4.93. The molecule has 3 heteroatoms. The van der Waals surface area contributed by atoms with Gasteiger partial charge in [-0.2, -0.15) is 0 Å². The summed E-state index contributed by atoms with van der Waals surface area (Å²) in [6.45, 7) is 10.9. The molecule has 2 aliphatic carbocycles. The molecule has 156 valence electrons. The largest absolute Gasteiger partial charge is 0.394 e. The molecule has 0 saturated heterocycles. The Balaban J connectivity index is 0.000000597. The van der Waals surface area contributed by atoms with Crippen molar-refractivity contribution in [3.63, 3.8) is 0 Å². The predicted molar refractivity (Wildman–Crippen MR) is 110 cm³/mol. The van der Waals surface area contributed by atoms with E-state index in [1.807, 2.05) is 0 Å². The predicted octanol–water partition coefficient (Wildman–Crippen LogP) is 5.86. The minimum absolute atomic E-state index is 0.139. The minimum atomic E-state index is -0.560. The number of hydrogen-bond donors (Lipinski definition) is 2. The summed E-state index contributed by atoms with van der Waals surface area (Å²) in [7, 11) is 0. The first-order valence-electron chi connectivity index (χ1n) is 11.2. The topological polar surface area (TPSA) is 49.7 Å². The van der Waals surface area contributed by atoms with Crippen LogP contribution in [0.1, 0.15) is 112 Å². The van der Waals surface area contributed by atoms with Gasteiger partial charge in [0.1, 0.15) is 0 Å². The number of rotatable bonds is 7. The second-order valence-corrected chi connectivity index (χ2v) is 9.82. The van der Waals surface area contributed by atoms with E-state index in [1.54, 1.807) is 0 Å². The summed E-state index contributed by atoms with van der Waals surface area (Å²) in [6, 6.07) is 0. The molecule has 26 heavy (non-hydrogen) atoms. The lowest BCUT2D eigenvalue weighted by molar-refractivity contribution is -0.197. The molecule has 0 aliphatic heterocycles. The number of aliphatic hydroxyl groups is 2. The van der Waals surface area contributed by atoms with Crippen LogP contribution in [0, 0.1) is 11.8 Å². The van der Waals surface area contributed by atoms with Gasteiger partial charge in [-0.05, 0) is 57.3 Å². The van der Waals surface area contributed by atoms with Crippen molar-refractivity contribution in [1.82, 2.24) is 0 Å². The van der Waals surface area contributed by atoms with Crippen molar-refractivity contribution in [3.8, 4) is 0 Å². The Morgan fingerprint density at radius 1 is 0.692 bits per heavy atom. The molecule has 3 nitrogen and oxygen atoms in total. The lowest BCUT2D eigenvalue weighted by Gasteiger charge is -2.49. The summed E-state index contributed by atoms with van der Waals surface area (Å²) in [4.78, 5) is 0. The highest BCUT2D eigenvalue weighted by Gasteiger charge is 2.43. The van der Waals surface area contributed by atoms with Gasteiger partial charge in [0, 0.05) is 0 Å². The van der Waals surface area contributed by atoms with Crippen LogP contribution >= 0.6 is 0 Å². The average molecular weight is 371 g/mol. The van der Waals surface area contributed by atoms with Gasteiger partial charge in [-0.3, -0.25) is 0 Å². The van der Waals surface area contributed by atoms with Gasteiger partial charge in [-0.15, -0.1) is 0 Å². The Kier molecular flexibility index (Phi) is 10.7. The fourth-order valence-electron chi connectivity index (χ4n) is 5.04. The standard InChI is InChI=1S/C20H38O.C3H8O2/c1-17(2)15-19(11-7-5-8-12-19)21-20(16-18(3)4)13-9-6-10-14-20;1-3(5)2-4/h17-18H,5-16H2,1-4H3;3-5H,2H2,1H3. The molecular formula is C23H46O3. The van der Waals surface area contributed by atoms with E-state index in [2.05, 4.69) is 27.7 Å². The van der Waals surface area contributed by atoms with Crippen LogP contribution in [0.5, 0.6) is 0 Å². The SMILES string of the molecule is CC(C)CC1(OC2(CC(C)C)CCCCC2)CCCCC1.CC(O)CO. The van der Waals surface area contributed by atoms with Crippen molar-refractivity contribution >= 4 is 0 Å². The smallest absolute Gasteiger partial charge is 0.0742 e. The van der Waals surface area contributed by atoms with E-state index in [0.717, 1.165) is 11.8 Å². The Morgan fingerprint density at radius 2 is 1.00 bits per heavy atom. The number of ether oxygens (including phenoxy) is 1. The molecule has 0 bridgehead atoms. The zero-order valence-electron chi connectivity index (χ0n) is 18.2. The first-order valence-corrected chi connectivity index (χ1v) is 11.2. The lowest BCUT2D eigenvalue weighted by Crippen LogP contribution is -2.48. The van der Waals surface area contributed by atoms with Gasteiger partial charge in [-0.1, -0.05) is 66.2 Å². The molecule has 2 rings (SSSR count). The van der Waals surface area contributed by atoms with E-state index < -0.39 is 6.10 Å². The summed E-state index contributed by atoms with van der Waals surface area (Å²) in [6.07, 6.45) is 15.6. The number of hydrogen-bond acceptors (Lipinski definition) is 3. The molecule has 2 aliphatic rings. The fraction of sp³-hybridized carbons (Fsp3) is 1.00. The molecule has 2 N–H and O–H groups in total. The second-order valence-electron chi connectivity index (χ2n) is 9.82. The third-order valence-electron chi connectivity index (χ3n) is 5.79. The maximum atomic E-state index is 8.11. The molecule has 0 spiro atoms. The number of aliphatic hydroxyl groups excluding tert-OH is 2. The van der Waals surface area contributed by atoms with Crippen molar-refractivity contribution in [2.24, 2.45) is 11.8 Å². The minimum Gasteiger partial charge on any atom is -0.394 e. The van der Waals surface area contributed by atoms with E-state index in [1.165, 1.54) is 84.0 Å². The van der Waals surface area contributed by atoms with E-state index in [9.17, 15) is 0 Å². The molecular weight excluding hydrogens is 324 g/mol. The highest BCUT2D eigenvalue weighted by Crippen LogP contribution is 2.46. The van der Waals surface area contributed by atoms with E-state index in [-0.39, 0.29) is 17.8 Å². The molecule has 0 aromatic carbocycles. The molecule has 0 radical (unpaired) electrons. The molecule has 2 saturated carbocycles. The summed E-state index contributed by atoms with van der Waals surface area (Å²) in [5.41, 5.74) is 0.414. The Hall–Kier alpha value is -0.120. The fourth-order valence-corrected chi connectivity index (χ4v) is 5.04. The van der Waals surface area contributed by atoms with Crippen LogP contribution in [0.25, 0.3) is 0 Å². The highest BCUT2D eigenvalue weighted by atomic mass is 16.5. The van der Waals surface area contributed by atoms with E-state index in [0.29, 0.717) is 0 Å². The zero-order valence-corrected chi connectivity index (χ0v) is 18.2. The molecule has 2 fully saturated rings. The molecule has 1 unspecified atom stereocenters. The van der Waals surface area contributed by atoms with Gasteiger partial charge in [0.15, 0.2) is 0 Å². The Labute approximate surface area is 162 Å². The first kappa shape index (κ1) is 23.9. The van der Waals surface area contributed by atoms with Crippen LogP contribution in [0.4, 0.5) is 0 Å².